The van der Waals surface area contributed by atoms with Crippen LogP contribution in [0.2, 0.25) is 0 Å². The SMILES string of the molecule is CCC(C)[C@H](C)C(=O)N[C@H](C=O)Cc1c[nH]c2ccccc12. The molecule has 0 aliphatic heterocycles. The Morgan fingerprint density at radius 3 is 2.73 bits per heavy atom. The van der Waals surface area contributed by atoms with Gasteiger partial charge in [-0.1, -0.05) is 45.4 Å². The van der Waals surface area contributed by atoms with Gasteiger partial charge in [0.25, 0.3) is 0 Å². The zero-order chi connectivity index (χ0) is 16.1. The summed E-state index contributed by atoms with van der Waals surface area (Å²) in [6, 6.07) is 7.47. The van der Waals surface area contributed by atoms with Gasteiger partial charge in [-0.05, 0) is 17.5 Å². The highest BCUT2D eigenvalue weighted by Crippen LogP contribution is 2.19. The summed E-state index contributed by atoms with van der Waals surface area (Å²) in [7, 11) is 0. The number of para-hydroxylation sites is 1. The normalized spacial score (nSPS) is 15.2. The second kappa shape index (κ2) is 7.25. The first-order valence-electron chi connectivity index (χ1n) is 7.87. The number of hydrogen-bond acceptors (Lipinski definition) is 2. The quantitative estimate of drug-likeness (QED) is 0.772. The minimum atomic E-state index is -0.488. The number of fused-ring (bicyclic) bond motifs is 1. The Morgan fingerprint density at radius 2 is 2.05 bits per heavy atom. The number of amides is 1. The highest BCUT2D eigenvalue weighted by molar-refractivity contribution is 5.85. The maximum atomic E-state index is 12.2. The molecule has 2 aromatic rings. The van der Waals surface area contributed by atoms with E-state index in [1.54, 1.807) is 0 Å². The maximum Gasteiger partial charge on any atom is 0.223 e. The van der Waals surface area contributed by atoms with Crippen molar-refractivity contribution in [2.75, 3.05) is 0 Å². The lowest BCUT2D eigenvalue weighted by Crippen LogP contribution is -2.41. The maximum absolute atomic E-state index is 12.2. The van der Waals surface area contributed by atoms with Crippen LogP contribution in [-0.2, 0) is 16.0 Å². The first-order chi connectivity index (χ1) is 10.6. The van der Waals surface area contributed by atoms with E-state index in [1.165, 1.54) is 0 Å². The molecule has 0 saturated heterocycles. The van der Waals surface area contributed by atoms with E-state index < -0.39 is 6.04 Å². The van der Waals surface area contributed by atoms with Crippen LogP contribution in [0.3, 0.4) is 0 Å². The molecule has 0 aliphatic carbocycles. The Balaban J connectivity index is 2.06. The Kier molecular flexibility index (Phi) is 5.36. The van der Waals surface area contributed by atoms with Crippen molar-refractivity contribution >= 4 is 23.1 Å². The van der Waals surface area contributed by atoms with Gasteiger partial charge in [0.2, 0.25) is 5.91 Å². The largest absolute Gasteiger partial charge is 0.361 e. The molecule has 1 heterocycles. The van der Waals surface area contributed by atoms with Gasteiger partial charge in [0.15, 0.2) is 0 Å². The van der Waals surface area contributed by atoms with E-state index in [4.69, 9.17) is 0 Å². The number of carbonyl (C=O) groups excluding carboxylic acids is 2. The molecule has 1 aromatic carbocycles. The van der Waals surface area contributed by atoms with Crippen molar-refractivity contribution in [1.82, 2.24) is 10.3 Å². The van der Waals surface area contributed by atoms with Gasteiger partial charge in [-0.15, -0.1) is 0 Å². The van der Waals surface area contributed by atoms with Crippen molar-refractivity contribution in [3.63, 3.8) is 0 Å². The minimum absolute atomic E-state index is 0.0497. The van der Waals surface area contributed by atoms with Crippen molar-refractivity contribution in [1.29, 1.82) is 0 Å². The molecule has 0 bridgehead atoms. The molecule has 118 valence electrons. The predicted octanol–water partition coefficient (Wildman–Crippen LogP) is 3.08. The molecular weight excluding hydrogens is 276 g/mol. The number of nitrogens with one attached hydrogen (secondary N) is 2. The third-order valence-electron chi connectivity index (χ3n) is 4.52. The van der Waals surface area contributed by atoms with Gasteiger partial charge in [-0.3, -0.25) is 4.79 Å². The number of carbonyl (C=O) groups is 2. The average molecular weight is 300 g/mol. The number of benzene rings is 1. The van der Waals surface area contributed by atoms with E-state index in [0.29, 0.717) is 12.3 Å². The summed E-state index contributed by atoms with van der Waals surface area (Å²) in [5, 5.41) is 3.96. The summed E-state index contributed by atoms with van der Waals surface area (Å²) in [5.41, 5.74) is 2.09. The zero-order valence-corrected chi connectivity index (χ0v) is 13.4. The van der Waals surface area contributed by atoms with Crippen molar-refractivity contribution in [2.45, 2.75) is 39.7 Å². The summed E-state index contributed by atoms with van der Waals surface area (Å²) in [6.45, 7) is 6.04. The number of aldehydes is 1. The smallest absolute Gasteiger partial charge is 0.223 e. The third kappa shape index (κ3) is 3.56. The van der Waals surface area contributed by atoms with E-state index in [0.717, 1.165) is 29.2 Å². The van der Waals surface area contributed by atoms with Crippen LogP contribution < -0.4 is 5.32 Å². The lowest BCUT2D eigenvalue weighted by molar-refractivity contribution is -0.128. The number of rotatable bonds is 7. The van der Waals surface area contributed by atoms with Gasteiger partial charge in [-0.25, -0.2) is 0 Å². The van der Waals surface area contributed by atoms with Gasteiger partial charge in [0.05, 0.1) is 6.04 Å². The molecule has 0 saturated carbocycles. The highest BCUT2D eigenvalue weighted by Gasteiger charge is 2.22. The van der Waals surface area contributed by atoms with Crippen LogP contribution in [0, 0.1) is 11.8 Å². The lowest BCUT2D eigenvalue weighted by atomic mass is 9.92. The second-order valence-electron chi connectivity index (χ2n) is 5.99. The Hall–Kier alpha value is -2.10. The van der Waals surface area contributed by atoms with E-state index in [2.05, 4.69) is 24.1 Å². The molecule has 1 aromatic heterocycles. The summed E-state index contributed by atoms with van der Waals surface area (Å²) in [6.07, 6.45) is 4.18. The third-order valence-corrected chi connectivity index (χ3v) is 4.52. The van der Waals surface area contributed by atoms with Crippen LogP contribution in [0.1, 0.15) is 32.8 Å². The molecule has 2 rings (SSSR count). The number of aromatic nitrogens is 1. The topological polar surface area (TPSA) is 62.0 Å². The molecule has 4 nitrogen and oxygen atoms in total. The van der Waals surface area contributed by atoms with Crippen LogP contribution in [0.4, 0.5) is 0 Å². The first-order valence-corrected chi connectivity index (χ1v) is 7.87. The summed E-state index contributed by atoms with van der Waals surface area (Å²) in [4.78, 5) is 26.8. The molecule has 0 fully saturated rings. The summed E-state index contributed by atoms with van der Waals surface area (Å²) in [5.74, 6) is 0.169. The number of hydrogen-bond donors (Lipinski definition) is 2. The van der Waals surface area contributed by atoms with Gasteiger partial charge < -0.3 is 15.1 Å². The molecule has 0 spiro atoms. The Bertz CT molecular complexity index is 647. The molecule has 0 aliphatic rings. The van der Waals surface area contributed by atoms with Gasteiger partial charge in [-0.2, -0.15) is 0 Å². The molecular formula is C18H24N2O2. The fourth-order valence-electron chi connectivity index (χ4n) is 2.60. The lowest BCUT2D eigenvalue weighted by Gasteiger charge is -2.20. The van der Waals surface area contributed by atoms with E-state index in [1.807, 2.05) is 37.4 Å². The van der Waals surface area contributed by atoms with Crippen molar-refractivity contribution < 1.29 is 9.59 Å². The van der Waals surface area contributed by atoms with Gasteiger partial charge >= 0.3 is 0 Å². The fourth-order valence-corrected chi connectivity index (χ4v) is 2.60. The number of aromatic amines is 1. The van der Waals surface area contributed by atoms with Crippen LogP contribution in [0.5, 0.6) is 0 Å². The highest BCUT2D eigenvalue weighted by atomic mass is 16.2. The van der Waals surface area contributed by atoms with Crippen LogP contribution in [0.25, 0.3) is 10.9 Å². The standard InChI is InChI=1S/C18H24N2O2/c1-4-12(2)13(3)18(22)20-15(11-21)9-14-10-19-17-8-6-5-7-16(14)17/h5-8,10-13,15,19H,4,9H2,1-3H3,(H,20,22)/t12?,13-,15-/m0/s1. The average Bonchev–Trinajstić information content (AvgIpc) is 2.95. The molecule has 3 atom stereocenters. The molecule has 22 heavy (non-hydrogen) atoms. The second-order valence-corrected chi connectivity index (χ2v) is 5.99. The van der Waals surface area contributed by atoms with Crippen LogP contribution in [-0.4, -0.2) is 23.2 Å². The van der Waals surface area contributed by atoms with Crippen molar-refractivity contribution in [2.24, 2.45) is 11.8 Å². The molecule has 1 unspecified atom stereocenters. The first kappa shape index (κ1) is 16.3. The van der Waals surface area contributed by atoms with E-state index in [9.17, 15) is 9.59 Å². The molecule has 1 amide bonds. The molecule has 0 radical (unpaired) electrons. The monoisotopic (exact) mass is 300 g/mol. The summed E-state index contributed by atoms with van der Waals surface area (Å²) < 4.78 is 0. The minimum Gasteiger partial charge on any atom is -0.361 e. The van der Waals surface area contributed by atoms with E-state index in [-0.39, 0.29) is 11.8 Å². The fraction of sp³-hybridized carbons (Fsp3) is 0.444. The summed E-state index contributed by atoms with van der Waals surface area (Å²) >= 11 is 0. The number of H-pyrrole nitrogens is 1. The molecule has 4 heteroatoms. The van der Waals surface area contributed by atoms with Crippen molar-refractivity contribution in [3.05, 3.63) is 36.0 Å². The van der Waals surface area contributed by atoms with Gasteiger partial charge in [0.1, 0.15) is 6.29 Å². The van der Waals surface area contributed by atoms with Crippen LogP contribution in [0.15, 0.2) is 30.5 Å². The van der Waals surface area contributed by atoms with Crippen LogP contribution >= 0.6 is 0 Å². The van der Waals surface area contributed by atoms with E-state index >= 15 is 0 Å². The Labute approximate surface area is 131 Å². The van der Waals surface area contributed by atoms with Gasteiger partial charge in [0, 0.05) is 29.4 Å². The van der Waals surface area contributed by atoms with Crippen molar-refractivity contribution in [3.8, 4) is 0 Å². The Morgan fingerprint density at radius 1 is 1.32 bits per heavy atom. The predicted molar refractivity (Wildman–Crippen MR) is 88.6 cm³/mol. The zero-order valence-electron chi connectivity index (χ0n) is 13.4. The molecule has 2 N–H and O–H groups in total.